The molecule has 0 fully saturated rings. The van der Waals surface area contributed by atoms with E-state index in [0.717, 1.165) is 36.8 Å². The molecule has 0 spiro atoms. The van der Waals surface area contributed by atoms with Crippen LogP contribution in [0.25, 0.3) is 0 Å². The van der Waals surface area contributed by atoms with Crippen molar-refractivity contribution in [1.29, 1.82) is 0 Å². The molecular formula is C36H54N2O6S2. The summed E-state index contributed by atoms with van der Waals surface area (Å²) in [6, 6.07) is 20.0. The zero-order valence-electron chi connectivity index (χ0n) is 28.3. The van der Waals surface area contributed by atoms with Crippen molar-refractivity contribution in [2.45, 2.75) is 114 Å². The fraction of sp³-hybridized carbons (Fsp3) is 0.556. The van der Waals surface area contributed by atoms with E-state index in [9.17, 15) is 13.5 Å². The minimum atomic E-state index is -1.21. The van der Waals surface area contributed by atoms with E-state index in [1.54, 1.807) is 12.5 Å². The molecule has 2 heterocycles. The first-order valence-electron chi connectivity index (χ1n) is 16.1. The molecule has 0 aromatic heterocycles. The van der Waals surface area contributed by atoms with Crippen molar-refractivity contribution in [2.75, 3.05) is 13.2 Å². The molecule has 2 aliphatic heterocycles. The molecule has 2 aromatic rings. The zero-order chi connectivity index (χ0) is 33.6. The van der Waals surface area contributed by atoms with E-state index in [0.29, 0.717) is 19.8 Å². The summed E-state index contributed by atoms with van der Waals surface area (Å²) in [5, 5.41) is 9.29. The lowest BCUT2D eigenvalue weighted by atomic mass is 10.0. The third-order valence-electron chi connectivity index (χ3n) is 7.51. The smallest absolute Gasteiger partial charge is 0.117 e. The number of benzene rings is 2. The van der Waals surface area contributed by atoms with Crippen LogP contribution >= 0.6 is 0 Å². The van der Waals surface area contributed by atoms with Crippen LogP contribution in [0.4, 0.5) is 0 Å². The largest absolute Gasteiger partial charge is 0.497 e. The number of rotatable bonds is 13. The summed E-state index contributed by atoms with van der Waals surface area (Å²) in [6.07, 6.45) is 10.9. The highest BCUT2D eigenvalue weighted by Crippen LogP contribution is 2.27. The molecule has 8 nitrogen and oxygen atoms in total. The van der Waals surface area contributed by atoms with E-state index in [1.165, 1.54) is 0 Å². The van der Waals surface area contributed by atoms with Crippen molar-refractivity contribution in [2.24, 2.45) is 0 Å². The van der Waals surface area contributed by atoms with Crippen molar-refractivity contribution in [1.82, 2.24) is 9.03 Å². The van der Waals surface area contributed by atoms with E-state index < -0.39 is 22.0 Å². The maximum Gasteiger partial charge on any atom is 0.117 e. The topological polar surface area (TPSA) is 97.3 Å². The molecule has 0 saturated heterocycles. The predicted molar refractivity (Wildman–Crippen MR) is 188 cm³/mol. The third kappa shape index (κ3) is 12.7. The normalized spacial score (nSPS) is 20.9. The molecule has 46 heavy (non-hydrogen) atoms. The molecule has 4 rings (SSSR count). The van der Waals surface area contributed by atoms with E-state index in [2.05, 4.69) is 33.3 Å². The lowest BCUT2D eigenvalue weighted by Gasteiger charge is -2.39. The van der Waals surface area contributed by atoms with Crippen LogP contribution in [0.5, 0.6) is 0 Å². The second-order valence-corrected chi connectivity index (χ2v) is 17.7. The Bertz CT molecular complexity index is 1260. The van der Waals surface area contributed by atoms with Gasteiger partial charge in [-0.2, -0.15) is 0 Å². The first-order chi connectivity index (χ1) is 21.9. The van der Waals surface area contributed by atoms with Crippen LogP contribution < -0.4 is 4.72 Å². The molecule has 0 unspecified atom stereocenters. The summed E-state index contributed by atoms with van der Waals surface area (Å²) in [4.78, 5) is 0. The van der Waals surface area contributed by atoms with Crippen LogP contribution in [0.3, 0.4) is 0 Å². The van der Waals surface area contributed by atoms with E-state index in [1.807, 2.05) is 90.1 Å². The van der Waals surface area contributed by atoms with Gasteiger partial charge in [-0.25, -0.2) is 17.4 Å². The second kappa shape index (κ2) is 18.9. The van der Waals surface area contributed by atoms with Crippen molar-refractivity contribution in [3.05, 3.63) is 96.5 Å². The number of hydrogen-bond acceptors (Lipinski definition) is 6. The summed E-state index contributed by atoms with van der Waals surface area (Å²) in [5.74, 6) is 0. The fourth-order valence-corrected chi connectivity index (χ4v) is 7.16. The quantitative estimate of drug-likeness (QED) is 0.258. The van der Waals surface area contributed by atoms with Gasteiger partial charge in [0.1, 0.15) is 23.2 Å². The van der Waals surface area contributed by atoms with E-state index >= 15 is 0 Å². The van der Waals surface area contributed by atoms with Crippen LogP contribution in [-0.4, -0.2) is 64.8 Å². The average Bonchev–Trinajstić information content (AvgIpc) is 3.05. The zero-order valence-corrected chi connectivity index (χ0v) is 29.9. The van der Waals surface area contributed by atoms with Crippen molar-refractivity contribution < 1.29 is 27.7 Å². The second-order valence-electron chi connectivity index (χ2n) is 13.5. The standard InChI is InChI=1S/C25H33NO3S.C11H21NO3S/c1-25(2,3)30(27)26(18-21-12-6-4-7-13-21)23(24-16-10-11-17-29-24)20-28-19-22-14-8-5-9-15-22;1-11(2,3)16(14)12-9(8-13)10-6-4-5-7-15-10/h4-9,11-15,17,23-24H,10,16,18-20H2,1-3H3;5,7,9-10,12-13H,4,6,8H2,1-3H3/t23-,24+,30-;9-,10+,16-/m11/s1. The van der Waals surface area contributed by atoms with Gasteiger partial charge in [-0.05, 0) is 90.5 Å². The van der Waals surface area contributed by atoms with Gasteiger partial charge in [0.05, 0.1) is 64.9 Å². The van der Waals surface area contributed by atoms with E-state index in [-0.39, 0.29) is 40.4 Å². The number of nitrogens with zero attached hydrogens (tertiary/aromatic N) is 1. The number of nitrogens with one attached hydrogen (secondary N) is 1. The molecule has 6 atom stereocenters. The van der Waals surface area contributed by atoms with Gasteiger partial charge in [0.2, 0.25) is 0 Å². The van der Waals surface area contributed by atoms with Crippen LogP contribution in [0, 0.1) is 0 Å². The Morgan fingerprint density at radius 1 is 0.848 bits per heavy atom. The van der Waals surface area contributed by atoms with Gasteiger partial charge < -0.3 is 19.3 Å². The molecule has 2 aromatic carbocycles. The molecule has 10 heteroatoms. The Kier molecular flexibility index (Phi) is 15.6. The average molecular weight is 675 g/mol. The monoisotopic (exact) mass is 674 g/mol. The van der Waals surface area contributed by atoms with Gasteiger partial charge >= 0.3 is 0 Å². The molecule has 0 bridgehead atoms. The summed E-state index contributed by atoms with van der Waals surface area (Å²) in [5.41, 5.74) is 2.27. The number of hydrogen-bond donors (Lipinski definition) is 2. The van der Waals surface area contributed by atoms with Crippen molar-refractivity contribution in [3.8, 4) is 0 Å². The third-order valence-corrected chi connectivity index (χ3v) is 11.0. The number of aliphatic hydroxyl groups excluding tert-OH is 1. The van der Waals surface area contributed by atoms with Gasteiger partial charge in [-0.3, -0.25) is 0 Å². The Hall–Kier alpha value is -2.34. The molecule has 2 aliphatic rings. The van der Waals surface area contributed by atoms with E-state index in [4.69, 9.17) is 14.2 Å². The maximum absolute atomic E-state index is 13.6. The molecule has 256 valence electrons. The lowest BCUT2D eigenvalue weighted by Crippen LogP contribution is -2.51. The number of ether oxygens (including phenoxy) is 3. The van der Waals surface area contributed by atoms with Crippen LogP contribution in [0.1, 0.15) is 78.4 Å². The van der Waals surface area contributed by atoms with Gasteiger partial charge in [0.15, 0.2) is 0 Å². The van der Waals surface area contributed by atoms with Gasteiger partial charge in [-0.15, -0.1) is 0 Å². The summed E-state index contributed by atoms with van der Waals surface area (Å²) < 4.78 is 47.3. The molecule has 0 saturated carbocycles. The Morgan fingerprint density at radius 3 is 1.87 bits per heavy atom. The molecular weight excluding hydrogens is 621 g/mol. The number of aliphatic hydroxyl groups is 1. The van der Waals surface area contributed by atoms with Gasteiger partial charge in [-0.1, -0.05) is 60.7 Å². The SMILES string of the molecule is CC(C)(C)[S@@](=O)N(Cc1ccccc1)[C@H](COCc1ccccc1)[C@@H]1CCC=CO1.CC(C)(C)[S@@](=O)N[C@H](CO)[C@@H]1CCC=CO1. The lowest BCUT2D eigenvalue weighted by molar-refractivity contribution is -0.00273. The molecule has 0 radical (unpaired) electrons. The van der Waals surface area contributed by atoms with Crippen LogP contribution in [0.2, 0.25) is 0 Å². The van der Waals surface area contributed by atoms with Crippen LogP contribution in [0.15, 0.2) is 85.3 Å². The maximum atomic E-state index is 13.6. The molecule has 2 N–H and O–H groups in total. The number of allylic oxidation sites excluding steroid dienone is 2. The minimum Gasteiger partial charge on any atom is -0.497 e. The Morgan fingerprint density at radius 2 is 1.39 bits per heavy atom. The minimum absolute atomic E-state index is 0.0548. The van der Waals surface area contributed by atoms with Gasteiger partial charge in [0.25, 0.3) is 0 Å². The predicted octanol–water partition coefficient (Wildman–Crippen LogP) is 6.32. The fourth-order valence-electron chi connectivity index (χ4n) is 4.89. The highest BCUT2D eigenvalue weighted by atomic mass is 32.2. The molecule has 0 aliphatic carbocycles. The van der Waals surface area contributed by atoms with Crippen LogP contribution in [-0.2, 0) is 49.3 Å². The Balaban J connectivity index is 0.000000304. The Labute approximate surface area is 281 Å². The van der Waals surface area contributed by atoms with Crippen molar-refractivity contribution >= 4 is 22.0 Å². The van der Waals surface area contributed by atoms with Crippen molar-refractivity contribution in [3.63, 3.8) is 0 Å². The first kappa shape index (κ1) is 38.1. The highest BCUT2D eigenvalue weighted by molar-refractivity contribution is 7.84. The van der Waals surface area contributed by atoms with Gasteiger partial charge in [0, 0.05) is 6.54 Å². The first-order valence-corrected chi connectivity index (χ1v) is 18.4. The summed E-state index contributed by atoms with van der Waals surface area (Å²) in [7, 11) is -2.39. The molecule has 0 amide bonds. The summed E-state index contributed by atoms with van der Waals surface area (Å²) in [6.45, 7) is 13.3. The highest BCUT2D eigenvalue weighted by Gasteiger charge is 2.37. The summed E-state index contributed by atoms with van der Waals surface area (Å²) >= 11 is 0.